The van der Waals surface area contributed by atoms with Crippen LogP contribution in [-0.2, 0) is 15.6 Å². The monoisotopic (exact) mass is 302 g/mol. The van der Waals surface area contributed by atoms with Crippen LogP contribution in [0.5, 0.6) is 0 Å². The first-order valence-corrected chi connectivity index (χ1v) is 7.81. The quantitative estimate of drug-likeness (QED) is 0.849. The summed E-state index contributed by atoms with van der Waals surface area (Å²) in [7, 11) is 1.34. The van der Waals surface area contributed by atoms with E-state index >= 15 is 0 Å². The second-order valence-electron chi connectivity index (χ2n) is 3.84. The van der Waals surface area contributed by atoms with E-state index in [1.54, 1.807) is 6.07 Å². The van der Waals surface area contributed by atoms with Crippen molar-refractivity contribution in [1.29, 1.82) is 0 Å². The molecule has 0 saturated carbocycles. The normalized spacial score (nSPS) is 11.7. The first-order valence-electron chi connectivity index (χ1n) is 5.50. The van der Waals surface area contributed by atoms with Crippen LogP contribution < -0.4 is 5.56 Å². The lowest BCUT2D eigenvalue weighted by Crippen LogP contribution is -2.09. The average molecular weight is 303 g/mol. The van der Waals surface area contributed by atoms with E-state index in [0.717, 1.165) is 0 Å². The summed E-state index contributed by atoms with van der Waals surface area (Å²) in [6.07, 6.45) is 2.13. The molecule has 0 unspecified atom stereocenters. The summed E-state index contributed by atoms with van der Waals surface area (Å²) in [6.45, 7) is 2.27. The van der Waals surface area contributed by atoms with E-state index in [4.69, 9.17) is 10.7 Å². The fourth-order valence-electron chi connectivity index (χ4n) is 1.69. The molecule has 0 aromatic carbocycles. The fraction of sp³-hybridized carbons (Fsp3) is 0.300. The highest BCUT2D eigenvalue weighted by molar-refractivity contribution is 8.13. The van der Waals surface area contributed by atoms with Gasteiger partial charge in [0.15, 0.2) is 5.82 Å². The molecule has 2 heterocycles. The highest BCUT2D eigenvalue weighted by atomic mass is 35.7. The number of hydrogen-bond acceptors (Lipinski definition) is 5. The lowest BCUT2D eigenvalue weighted by molar-refractivity contribution is 0.570. The van der Waals surface area contributed by atoms with Gasteiger partial charge in [0.25, 0.3) is 14.2 Å². The van der Waals surface area contributed by atoms with Gasteiger partial charge in [-0.1, -0.05) is 6.92 Å². The SMILES string of the molecule is CCCn1c(-c2cc[nH]c(=O)c2)nnc1S(=O)(=O)Cl. The predicted molar refractivity (Wildman–Crippen MR) is 69.4 cm³/mol. The second-order valence-corrected chi connectivity index (χ2v) is 6.30. The van der Waals surface area contributed by atoms with Crippen molar-refractivity contribution < 1.29 is 8.42 Å². The lowest BCUT2D eigenvalue weighted by Gasteiger charge is -2.06. The third kappa shape index (κ3) is 2.85. The molecule has 9 heteroatoms. The minimum atomic E-state index is -3.98. The molecule has 102 valence electrons. The molecule has 2 aromatic rings. The molecule has 2 aromatic heterocycles. The Morgan fingerprint density at radius 1 is 1.42 bits per heavy atom. The summed E-state index contributed by atoms with van der Waals surface area (Å²) >= 11 is 0. The zero-order valence-electron chi connectivity index (χ0n) is 10.00. The number of nitrogens with one attached hydrogen (secondary N) is 1. The van der Waals surface area contributed by atoms with Crippen LogP contribution in [-0.4, -0.2) is 28.2 Å². The number of aromatic amines is 1. The first kappa shape index (κ1) is 13.8. The van der Waals surface area contributed by atoms with Crippen LogP contribution in [0.25, 0.3) is 11.4 Å². The zero-order valence-corrected chi connectivity index (χ0v) is 11.6. The van der Waals surface area contributed by atoms with Crippen LogP contribution in [0.3, 0.4) is 0 Å². The highest BCUT2D eigenvalue weighted by Crippen LogP contribution is 2.21. The van der Waals surface area contributed by atoms with E-state index in [1.165, 1.54) is 16.8 Å². The van der Waals surface area contributed by atoms with Crippen LogP contribution in [0.4, 0.5) is 0 Å². The maximum Gasteiger partial charge on any atom is 0.296 e. The molecule has 7 nitrogen and oxygen atoms in total. The molecule has 1 N–H and O–H groups in total. The van der Waals surface area contributed by atoms with Gasteiger partial charge in [-0.25, -0.2) is 8.42 Å². The molecule has 0 aliphatic carbocycles. The Hall–Kier alpha value is -1.67. The molecular weight excluding hydrogens is 292 g/mol. The van der Waals surface area contributed by atoms with E-state index < -0.39 is 9.05 Å². The number of pyridine rings is 1. The van der Waals surface area contributed by atoms with Gasteiger partial charge in [0, 0.05) is 35.1 Å². The summed E-state index contributed by atoms with van der Waals surface area (Å²) in [5.74, 6) is 0.298. The molecule has 0 spiro atoms. The molecule has 0 aliphatic heterocycles. The average Bonchev–Trinajstić information content (AvgIpc) is 2.73. The second kappa shape index (κ2) is 5.14. The van der Waals surface area contributed by atoms with Crippen LogP contribution >= 0.6 is 10.7 Å². The highest BCUT2D eigenvalue weighted by Gasteiger charge is 2.22. The molecule has 0 bridgehead atoms. The Kier molecular flexibility index (Phi) is 3.72. The van der Waals surface area contributed by atoms with Crippen molar-refractivity contribution in [3.05, 3.63) is 28.7 Å². The summed E-state index contributed by atoms with van der Waals surface area (Å²) in [5.41, 5.74) is 0.176. The molecule has 0 aliphatic rings. The summed E-state index contributed by atoms with van der Waals surface area (Å²) < 4.78 is 24.2. The van der Waals surface area contributed by atoms with Gasteiger partial charge in [-0.3, -0.25) is 9.36 Å². The molecule has 0 saturated heterocycles. The van der Waals surface area contributed by atoms with Crippen molar-refractivity contribution in [2.24, 2.45) is 0 Å². The summed E-state index contributed by atoms with van der Waals surface area (Å²) in [4.78, 5) is 13.8. The Labute approximate surface area is 113 Å². The Balaban J connectivity index is 2.65. The Bertz CT molecular complexity index is 750. The molecular formula is C10H11ClN4O3S. The Morgan fingerprint density at radius 2 is 2.16 bits per heavy atom. The molecule has 0 amide bonds. The maximum absolute atomic E-state index is 11.4. The summed E-state index contributed by atoms with van der Waals surface area (Å²) in [5, 5.41) is 7.09. The van der Waals surface area contributed by atoms with Crippen LogP contribution in [0.2, 0.25) is 0 Å². The molecule has 2 rings (SSSR count). The van der Waals surface area contributed by atoms with Gasteiger partial charge in [-0.05, 0) is 12.5 Å². The third-order valence-electron chi connectivity index (χ3n) is 2.42. The number of hydrogen-bond donors (Lipinski definition) is 1. The van der Waals surface area contributed by atoms with Gasteiger partial charge < -0.3 is 4.98 Å². The molecule has 0 fully saturated rings. The van der Waals surface area contributed by atoms with Gasteiger partial charge >= 0.3 is 0 Å². The number of H-pyrrole nitrogens is 1. The predicted octanol–water partition coefficient (Wildman–Crippen LogP) is 0.971. The largest absolute Gasteiger partial charge is 0.329 e. The Morgan fingerprint density at radius 3 is 2.74 bits per heavy atom. The lowest BCUT2D eigenvalue weighted by atomic mass is 10.2. The maximum atomic E-state index is 11.4. The van der Waals surface area contributed by atoms with Gasteiger partial charge in [0.1, 0.15) is 0 Å². The van der Waals surface area contributed by atoms with Crippen molar-refractivity contribution in [2.45, 2.75) is 25.0 Å². The van der Waals surface area contributed by atoms with Gasteiger partial charge in [0.2, 0.25) is 5.56 Å². The molecule has 19 heavy (non-hydrogen) atoms. The van der Waals surface area contributed by atoms with Crippen molar-refractivity contribution in [1.82, 2.24) is 19.7 Å². The van der Waals surface area contributed by atoms with Crippen LogP contribution in [0.1, 0.15) is 13.3 Å². The van der Waals surface area contributed by atoms with Crippen molar-refractivity contribution in [3.63, 3.8) is 0 Å². The summed E-state index contributed by atoms with van der Waals surface area (Å²) in [6, 6.07) is 2.93. The van der Waals surface area contributed by atoms with Crippen molar-refractivity contribution in [2.75, 3.05) is 0 Å². The van der Waals surface area contributed by atoms with Crippen LogP contribution in [0, 0.1) is 0 Å². The van der Waals surface area contributed by atoms with Gasteiger partial charge in [-0.2, -0.15) is 0 Å². The number of rotatable bonds is 4. The van der Waals surface area contributed by atoms with Crippen molar-refractivity contribution in [3.8, 4) is 11.4 Å². The van der Waals surface area contributed by atoms with Crippen LogP contribution in [0.15, 0.2) is 28.3 Å². The van der Waals surface area contributed by atoms with Gasteiger partial charge in [0.05, 0.1) is 0 Å². The standard InChI is InChI=1S/C10H11ClN4O3S/c1-2-5-15-9(7-3-4-12-8(16)6-7)13-14-10(15)19(11,17)18/h3-4,6H,2,5H2,1H3,(H,12,16). The zero-order chi connectivity index (χ0) is 14.0. The first-order chi connectivity index (χ1) is 8.93. The number of aromatic nitrogens is 4. The van der Waals surface area contributed by atoms with E-state index in [0.29, 0.717) is 24.4 Å². The minimum absolute atomic E-state index is 0.298. The third-order valence-corrected chi connectivity index (χ3v) is 3.57. The fourth-order valence-corrected chi connectivity index (χ4v) is 2.61. The minimum Gasteiger partial charge on any atom is -0.329 e. The van der Waals surface area contributed by atoms with Gasteiger partial charge in [-0.15, -0.1) is 10.2 Å². The van der Waals surface area contributed by atoms with E-state index in [2.05, 4.69) is 15.2 Å². The molecule has 0 radical (unpaired) electrons. The van der Waals surface area contributed by atoms with E-state index in [9.17, 15) is 13.2 Å². The van der Waals surface area contributed by atoms with E-state index in [1.807, 2.05) is 6.92 Å². The topological polar surface area (TPSA) is 97.7 Å². The number of nitrogens with zero attached hydrogens (tertiary/aromatic N) is 3. The van der Waals surface area contributed by atoms with E-state index in [-0.39, 0.29) is 10.7 Å². The molecule has 0 atom stereocenters. The number of halogens is 1. The van der Waals surface area contributed by atoms with Crippen molar-refractivity contribution >= 4 is 19.7 Å². The smallest absolute Gasteiger partial charge is 0.296 e.